The van der Waals surface area contributed by atoms with Crippen LogP contribution >= 0.6 is 7.82 Å². The van der Waals surface area contributed by atoms with Gasteiger partial charge in [-0.25, -0.2) is 28.9 Å². The third-order valence-electron chi connectivity index (χ3n) is 7.22. The summed E-state index contributed by atoms with van der Waals surface area (Å²) >= 11 is 0. The molecule has 6 rings (SSSR count). The number of phosphoric ester groups is 1. The van der Waals surface area contributed by atoms with E-state index in [2.05, 4.69) is 29.9 Å². The van der Waals surface area contributed by atoms with Crippen molar-refractivity contribution in [3.05, 3.63) is 29.3 Å². The number of hydrogen-bond acceptors (Lipinski definition) is 15. The van der Waals surface area contributed by atoms with E-state index in [0.717, 1.165) is 28.1 Å². The van der Waals surface area contributed by atoms with Crippen LogP contribution in [0.25, 0.3) is 22.3 Å². The number of rotatable bonds is 7. The Hall–Kier alpha value is -3.66. The summed E-state index contributed by atoms with van der Waals surface area (Å²) in [6, 6.07) is 0. The lowest BCUT2D eigenvalue weighted by Crippen LogP contribution is -2.50. The molecule has 10 N–H and O–H groups in total. The van der Waals surface area contributed by atoms with E-state index < -0.39 is 75.1 Å². The summed E-state index contributed by atoms with van der Waals surface area (Å²) < 4.78 is 46.6. The Morgan fingerprint density at radius 1 is 1.07 bits per heavy atom. The molecule has 2 aliphatic rings. The summed E-state index contributed by atoms with van der Waals surface area (Å²) in [5.74, 6) is -0.287. The Morgan fingerprint density at radius 3 is 2.45 bits per heavy atom. The highest BCUT2D eigenvalue weighted by atomic mass is 31.2. The van der Waals surface area contributed by atoms with Crippen molar-refractivity contribution in [3.63, 3.8) is 0 Å². The maximum atomic E-state index is 16.0. The van der Waals surface area contributed by atoms with E-state index >= 15 is 4.39 Å². The minimum absolute atomic E-state index is 0.0141. The molecular formula is C20H24FN10O10P. The molecule has 2 fully saturated rings. The summed E-state index contributed by atoms with van der Waals surface area (Å²) in [4.78, 5) is 53.4. The van der Waals surface area contributed by atoms with Crippen molar-refractivity contribution in [2.75, 3.05) is 18.1 Å². The van der Waals surface area contributed by atoms with Crippen molar-refractivity contribution in [1.29, 1.82) is 0 Å². The van der Waals surface area contributed by atoms with Gasteiger partial charge in [0.15, 0.2) is 41.3 Å². The van der Waals surface area contributed by atoms with Gasteiger partial charge in [-0.15, -0.1) is 0 Å². The van der Waals surface area contributed by atoms with E-state index in [9.17, 15) is 34.5 Å². The number of nitrogen functional groups attached to an aromatic ring is 2. The van der Waals surface area contributed by atoms with Crippen LogP contribution in [0.15, 0.2) is 23.8 Å². The van der Waals surface area contributed by atoms with Crippen LogP contribution in [0.1, 0.15) is 18.9 Å². The fourth-order valence-corrected chi connectivity index (χ4v) is 5.94. The molecule has 2 saturated heterocycles. The van der Waals surface area contributed by atoms with E-state index in [4.69, 9.17) is 25.5 Å². The number of hydrogen-bond donors (Lipinski definition) is 8. The molecule has 0 aliphatic carbocycles. The normalized spacial score (nSPS) is 31.9. The molecule has 6 heterocycles. The number of aliphatic hydroxyl groups excluding tert-OH is 3. The zero-order valence-electron chi connectivity index (χ0n) is 21.1. The Labute approximate surface area is 232 Å². The molecule has 0 unspecified atom stereocenters. The van der Waals surface area contributed by atoms with Crippen LogP contribution in [0.4, 0.5) is 16.2 Å². The van der Waals surface area contributed by atoms with Crippen molar-refractivity contribution >= 4 is 41.9 Å². The number of halogens is 1. The van der Waals surface area contributed by atoms with E-state index in [1.807, 2.05) is 0 Å². The van der Waals surface area contributed by atoms with Gasteiger partial charge in [-0.1, -0.05) is 0 Å². The van der Waals surface area contributed by atoms with E-state index in [1.165, 1.54) is 0 Å². The van der Waals surface area contributed by atoms with Gasteiger partial charge in [0, 0.05) is 6.42 Å². The molecule has 0 radical (unpaired) electrons. The number of fused-ring (bicyclic) bond motifs is 2. The van der Waals surface area contributed by atoms with Gasteiger partial charge in [0.25, 0.3) is 5.56 Å². The lowest BCUT2D eigenvalue weighted by Gasteiger charge is -2.34. The van der Waals surface area contributed by atoms with Gasteiger partial charge in [-0.2, -0.15) is 4.98 Å². The standard InChI is InChI=1S/C20H24FN10O10P/c21-7-12(41-42(36,37)38)20(2-32,40-17(7)30-4-26-8-13(22)24-3-25-14(8)30)1-6-10(33)11(34)18(39-6)31-5-27-9-15(31)28-19(23)29-16(9)35/h3-7,10-12,17-18,32-34H,1-2H2,(H2,22,24,25)(H2,36,37,38)(H3,23,28,29,35)/t6-,7-,10-,11-,12+,17-,18-,20-/m1/s1. The van der Waals surface area contributed by atoms with Crippen LogP contribution in [-0.4, -0.2) is 107 Å². The molecule has 0 saturated carbocycles. The molecule has 0 amide bonds. The number of ether oxygens (including phenoxy) is 2. The summed E-state index contributed by atoms with van der Waals surface area (Å²) in [6.07, 6.45) is -9.74. The van der Waals surface area contributed by atoms with E-state index in [-0.39, 0.29) is 34.1 Å². The maximum absolute atomic E-state index is 16.0. The number of imidazole rings is 2. The molecule has 2 aliphatic heterocycles. The van der Waals surface area contributed by atoms with Crippen molar-refractivity contribution in [2.24, 2.45) is 0 Å². The summed E-state index contributed by atoms with van der Waals surface area (Å²) in [6.45, 7) is -1.08. The van der Waals surface area contributed by atoms with Crippen molar-refractivity contribution < 1.29 is 48.1 Å². The first-order valence-corrected chi connectivity index (χ1v) is 13.7. The third kappa shape index (κ3) is 4.51. The number of H-pyrrole nitrogens is 1. The molecule has 226 valence electrons. The lowest BCUT2D eigenvalue weighted by atomic mass is 9.88. The van der Waals surface area contributed by atoms with Gasteiger partial charge in [0.05, 0.1) is 25.4 Å². The number of aliphatic hydroxyl groups is 3. The molecule has 0 spiro atoms. The van der Waals surface area contributed by atoms with Crippen molar-refractivity contribution in [2.45, 2.75) is 55.1 Å². The molecular weight excluding hydrogens is 590 g/mol. The predicted molar refractivity (Wildman–Crippen MR) is 135 cm³/mol. The molecule has 42 heavy (non-hydrogen) atoms. The molecule has 8 atom stereocenters. The van der Waals surface area contributed by atoms with Crippen molar-refractivity contribution in [1.82, 2.24) is 39.0 Å². The highest BCUT2D eigenvalue weighted by Crippen LogP contribution is 2.51. The monoisotopic (exact) mass is 614 g/mol. The van der Waals surface area contributed by atoms with Crippen molar-refractivity contribution in [3.8, 4) is 0 Å². The maximum Gasteiger partial charge on any atom is 0.470 e. The topological polar surface area (TPSA) is 305 Å². The van der Waals surface area contributed by atoms with Crippen LogP contribution in [-0.2, 0) is 18.6 Å². The average Bonchev–Trinajstić information content (AvgIpc) is 3.66. The SMILES string of the molecule is Nc1nc2c(ncn2[C@@H]2O[C@H](C[C@]3(CO)O[C@@H](n4cnc5c(N)ncnc54)[C@H](F)[C@@H]3OP(=O)(O)O)[C@@H](O)[C@H]2O)c(=O)[nH]1. The number of phosphoric acid groups is 1. The van der Waals surface area contributed by atoms with Gasteiger partial charge >= 0.3 is 7.82 Å². The first-order valence-electron chi connectivity index (χ1n) is 12.2. The summed E-state index contributed by atoms with van der Waals surface area (Å²) in [5.41, 5.74) is 8.38. The zero-order chi connectivity index (χ0) is 30.1. The fourth-order valence-electron chi connectivity index (χ4n) is 5.33. The Morgan fingerprint density at radius 2 is 1.76 bits per heavy atom. The predicted octanol–water partition coefficient (Wildman–Crippen LogP) is -2.79. The number of alkyl halides is 1. The molecule has 0 bridgehead atoms. The lowest BCUT2D eigenvalue weighted by molar-refractivity contribution is -0.156. The van der Waals surface area contributed by atoms with Gasteiger partial charge in [0.1, 0.15) is 35.8 Å². The molecule has 4 aromatic heterocycles. The average molecular weight is 614 g/mol. The number of nitrogens with one attached hydrogen (secondary N) is 1. The van der Waals surface area contributed by atoms with Gasteiger partial charge < -0.3 is 46.0 Å². The molecule has 0 aromatic carbocycles. The number of nitrogens with two attached hydrogens (primary N) is 2. The minimum atomic E-state index is -5.38. The van der Waals surface area contributed by atoms with Gasteiger partial charge in [0.2, 0.25) is 5.95 Å². The van der Waals surface area contributed by atoms with E-state index in [1.54, 1.807) is 0 Å². The molecule has 20 nitrogen and oxygen atoms in total. The summed E-state index contributed by atoms with van der Waals surface area (Å²) in [7, 11) is -5.38. The summed E-state index contributed by atoms with van der Waals surface area (Å²) in [5, 5.41) is 32.2. The highest BCUT2D eigenvalue weighted by molar-refractivity contribution is 7.46. The van der Waals surface area contributed by atoms with Crippen LogP contribution in [0.2, 0.25) is 0 Å². The second-order valence-corrected chi connectivity index (χ2v) is 11.0. The largest absolute Gasteiger partial charge is 0.470 e. The number of anilines is 2. The smallest absolute Gasteiger partial charge is 0.393 e. The fraction of sp³-hybridized carbons (Fsp3) is 0.500. The van der Waals surface area contributed by atoms with Crippen LogP contribution < -0.4 is 17.0 Å². The Balaban J connectivity index is 1.35. The molecule has 4 aromatic rings. The quantitative estimate of drug-likeness (QED) is 0.0975. The third-order valence-corrected chi connectivity index (χ3v) is 7.73. The van der Waals surface area contributed by atoms with E-state index in [0.29, 0.717) is 0 Å². The van der Waals surface area contributed by atoms with Gasteiger partial charge in [-0.05, 0) is 0 Å². The van der Waals surface area contributed by atoms with Crippen LogP contribution in [0.5, 0.6) is 0 Å². The Kier molecular flexibility index (Phi) is 6.75. The number of nitrogens with zero attached hydrogens (tertiary/aromatic N) is 7. The van der Waals surface area contributed by atoms with Crippen LogP contribution in [0, 0.1) is 0 Å². The second kappa shape index (κ2) is 9.97. The molecule has 22 heteroatoms. The Bertz CT molecular complexity index is 1760. The zero-order valence-corrected chi connectivity index (χ0v) is 22.0. The van der Waals surface area contributed by atoms with Gasteiger partial charge in [-0.3, -0.25) is 23.4 Å². The minimum Gasteiger partial charge on any atom is -0.393 e. The second-order valence-electron chi connectivity index (χ2n) is 9.80. The first-order chi connectivity index (χ1) is 19.8. The number of aromatic nitrogens is 8. The first kappa shape index (κ1) is 28.5. The highest BCUT2D eigenvalue weighted by Gasteiger charge is 2.61. The number of aromatic amines is 1. The van der Waals surface area contributed by atoms with Crippen LogP contribution in [0.3, 0.4) is 0 Å².